The van der Waals surface area contributed by atoms with Crippen LogP contribution in [-0.2, 0) is 0 Å². The third-order valence-corrected chi connectivity index (χ3v) is 5.92. The Balaban J connectivity index is 0.00000243. The van der Waals surface area contributed by atoms with E-state index in [9.17, 15) is 0 Å². The topological polar surface area (TPSA) is 40.1 Å². The third kappa shape index (κ3) is 4.63. The smallest absolute Gasteiger partial charge is 0.193 e. The fraction of sp³-hybridized carbons (Fsp3) is 0.650. The van der Waals surface area contributed by atoms with E-state index in [0.717, 1.165) is 24.8 Å². The molecule has 1 aromatic carbocycles. The molecule has 26 heavy (non-hydrogen) atoms. The molecule has 1 saturated carbocycles. The molecular formula is C20H33IN4O. The van der Waals surface area contributed by atoms with Gasteiger partial charge in [-0.25, -0.2) is 0 Å². The van der Waals surface area contributed by atoms with Crippen LogP contribution in [0.5, 0.6) is 5.75 Å². The largest absolute Gasteiger partial charge is 0.497 e. The van der Waals surface area contributed by atoms with Gasteiger partial charge in [0.1, 0.15) is 5.75 Å². The van der Waals surface area contributed by atoms with Gasteiger partial charge in [0, 0.05) is 26.7 Å². The van der Waals surface area contributed by atoms with Crippen LogP contribution in [0.2, 0.25) is 0 Å². The molecule has 5 nitrogen and oxygen atoms in total. The molecule has 1 saturated heterocycles. The summed E-state index contributed by atoms with van der Waals surface area (Å²) in [5.41, 5.74) is 1.84. The summed E-state index contributed by atoms with van der Waals surface area (Å²) in [7, 11) is 7.85. The number of halogens is 1. The predicted octanol–water partition coefficient (Wildman–Crippen LogP) is 3.37. The second-order valence-electron chi connectivity index (χ2n) is 7.71. The van der Waals surface area contributed by atoms with Gasteiger partial charge in [-0.2, -0.15) is 0 Å². The third-order valence-electron chi connectivity index (χ3n) is 5.92. The van der Waals surface area contributed by atoms with E-state index in [1.807, 2.05) is 13.1 Å². The van der Waals surface area contributed by atoms with Crippen LogP contribution in [0.25, 0.3) is 0 Å². The standard InChI is InChI=1S/C20H32N4O.HI/c1-21-19(24-12-11-20(15-24)9-6-10-20)22-14-18(23(2)3)16-7-5-8-17(13-16)25-4;/h5,7-8,13,18H,6,9-12,14-15H2,1-4H3,(H,21,22);1H. The number of likely N-dealkylation sites (N-methyl/N-ethyl adjacent to an activating group) is 1. The Kier molecular flexibility index (Phi) is 7.58. The molecule has 1 atom stereocenters. The second-order valence-corrected chi connectivity index (χ2v) is 7.71. The van der Waals surface area contributed by atoms with Crippen molar-refractivity contribution in [3.63, 3.8) is 0 Å². The van der Waals surface area contributed by atoms with Gasteiger partial charge in [0.2, 0.25) is 0 Å². The van der Waals surface area contributed by atoms with Gasteiger partial charge in [-0.05, 0) is 56.5 Å². The van der Waals surface area contributed by atoms with Gasteiger partial charge >= 0.3 is 0 Å². The number of methoxy groups -OCH3 is 1. The van der Waals surface area contributed by atoms with E-state index in [4.69, 9.17) is 4.74 Å². The molecule has 1 aliphatic carbocycles. The Morgan fingerprint density at radius 2 is 2.12 bits per heavy atom. The van der Waals surface area contributed by atoms with E-state index in [0.29, 0.717) is 5.41 Å². The van der Waals surface area contributed by atoms with Crippen LogP contribution in [0.4, 0.5) is 0 Å². The minimum atomic E-state index is 0. The lowest BCUT2D eigenvalue weighted by molar-refractivity contribution is 0.151. The number of hydrogen-bond donors (Lipinski definition) is 1. The summed E-state index contributed by atoms with van der Waals surface area (Å²) < 4.78 is 5.38. The molecule has 2 fully saturated rings. The minimum Gasteiger partial charge on any atom is -0.497 e. The van der Waals surface area contributed by atoms with Gasteiger partial charge < -0.3 is 19.9 Å². The fourth-order valence-corrected chi connectivity index (χ4v) is 4.17. The predicted molar refractivity (Wildman–Crippen MR) is 119 cm³/mol. The summed E-state index contributed by atoms with van der Waals surface area (Å²) in [6.45, 7) is 3.13. The highest BCUT2D eigenvalue weighted by Crippen LogP contribution is 2.47. The molecule has 1 unspecified atom stereocenters. The number of aliphatic imine (C=N–C) groups is 1. The fourth-order valence-electron chi connectivity index (χ4n) is 4.17. The summed E-state index contributed by atoms with van der Waals surface area (Å²) >= 11 is 0. The van der Waals surface area contributed by atoms with Gasteiger partial charge in [0.25, 0.3) is 0 Å². The molecule has 6 heteroatoms. The van der Waals surface area contributed by atoms with Crippen LogP contribution >= 0.6 is 24.0 Å². The van der Waals surface area contributed by atoms with Gasteiger partial charge in [0.15, 0.2) is 5.96 Å². The van der Waals surface area contributed by atoms with E-state index in [1.54, 1.807) is 7.11 Å². The Morgan fingerprint density at radius 3 is 2.65 bits per heavy atom. The van der Waals surface area contributed by atoms with Crippen molar-refractivity contribution in [2.45, 2.75) is 31.7 Å². The molecule has 1 aromatic rings. The first kappa shape index (κ1) is 21.3. The maximum absolute atomic E-state index is 5.38. The molecule has 3 rings (SSSR count). The van der Waals surface area contributed by atoms with Crippen molar-refractivity contribution in [3.8, 4) is 5.75 Å². The monoisotopic (exact) mass is 472 g/mol. The molecule has 2 aliphatic rings. The van der Waals surface area contributed by atoms with E-state index >= 15 is 0 Å². The Morgan fingerprint density at radius 1 is 1.35 bits per heavy atom. The van der Waals surface area contributed by atoms with Crippen molar-refractivity contribution >= 4 is 29.9 Å². The first-order valence-corrected chi connectivity index (χ1v) is 9.33. The molecule has 1 spiro atoms. The van der Waals surface area contributed by atoms with Crippen molar-refractivity contribution in [1.82, 2.24) is 15.1 Å². The van der Waals surface area contributed by atoms with Crippen LogP contribution in [0, 0.1) is 5.41 Å². The number of hydrogen-bond acceptors (Lipinski definition) is 3. The van der Waals surface area contributed by atoms with Crippen molar-refractivity contribution < 1.29 is 4.74 Å². The average molecular weight is 472 g/mol. The maximum Gasteiger partial charge on any atom is 0.193 e. The zero-order chi connectivity index (χ0) is 17.9. The van der Waals surface area contributed by atoms with E-state index in [2.05, 4.69) is 52.4 Å². The second kappa shape index (κ2) is 9.26. The quantitative estimate of drug-likeness (QED) is 0.406. The average Bonchev–Trinajstić information content (AvgIpc) is 3.04. The molecular weight excluding hydrogens is 439 g/mol. The van der Waals surface area contributed by atoms with Crippen molar-refractivity contribution in [2.75, 3.05) is 47.9 Å². The van der Waals surface area contributed by atoms with Crippen LogP contribution < -0.4 is 10.1 Å². The van der Waals surface area contributed by atoms with E-state index in [1.165, 1.54) is 37.8 Å². The van der Waals surface area contributed by atoms with Gasteiger partial charge in [-0.15, -0.1) is 24.0 Å². The van der Waals surface area contributed by atoms with Crippen molar-refractivity contribution in [2.24, 2.45) is 10.4 Å². The van der Waals surface area contributed by atoms with Crippen LogP contribution in [0.3, 0.4) is 0 Å². The molecule has 1 aliphatic heterocycles. The molecule has 146 valence electrons. The zero-order valence-electron chi connectivity index (χ0n) is 16.5. The zero-order valence-corrected chi connectivity index (χ0v) is 18.8. The minimum absolute atomic E-state index is 0. The molecule has 0 bridgehead atoms. The van der Waals surface area contributed by atoms with Crippen LogP contribution in [0.15, 0.2) is 29.3 Å². The summed E-state index contributed by atoms with van der Waals surface area (Å²) in [6.07, 6.45) is 5.51. The first-order valence-electron chi connectivity index (χ1n) is 9.33. The summed E-state index contributed by atoms with van der Waals surface area (Å²) in [5, 5.41) is 3.61. The van der Waals surface area contributed by atoms with Crippen molar-refractivity contribution in [3.05, 3.63) is 29.8 Å². The SMILES string of the molecule is CN=C(NCC(c1cccc(OC)c1)N(C)C)N1CCC2(CCC2)C1.I. The maximum atomic E-state index is 5.38. The van der Waals surface area contributed by atoms with Gasteiger partial charge in [-0.1, -0.05) is 18.6 Å². The lowest BCUT2D eigenvalue weighted by Crippen LogP contribution is -2.45. The molecule has 0 radical (unpaired) electrons. The number of nitrogens with zero attached hydrogens (tertiary/aromatic N) is 3. The summed E-state index contributed by atoms with van der Waals surface area (Å²) in [6, 6.07) is 8.60. The molecule has 1 heterocycles. The summed E-state index contributed by atoms with van der Waals surface area (Å²) in [4.78, 5) is 9.23. The van der Waals surface area contributed by atoms with E-state index in [-0.39, 0.29) is 30.0 Å². The van der Waals surface area contributed by atoms with Crippen molar-refractivity contribution in [1.29, 1.82) is 0 Å². The lowest BCUT2D eigenvalue weighted by atomic mass is 9.68. The molecule has 0 aromatic heterocycles. The van der Waals surface area contributed by atoms with Gasteiger partial charge in [-0.3, -0.25) is 4.99 Å². The highest BCUT2D eigenvalue weighted by atomic mass is 127. The highest BCUT2D eigenvalue weighted by molar-refractivity contribution is 14.0. The number of benzene rings is 1. The number of ether oxygens (including phenoxy) is 1. The normalized spacial score (nSPS) is 19.9. The van der Waals surface area contributed by atoms with E-state index < -0.39 is 0 Å². The lowest BCUT2D eigenvalue weighted by Gasteiger charge is -2.38. The Labute approximate surface area is 175 Å². The number of rotatable bonds is 5. The highest BCUT2D eigenvalue weighted by Gasteiger charge is 2.43. The van der Waals surface area contributed by atoms with Crippen LogP contribution in [0.1, 0.15) is 37.3 Å². The summed E-state index contributed by atoms with van der Waals surface area (Å²) in [5.74, 6) is 1.94. The molecule has 1 N–H and O–H groups in total. The van der Waals surface area contributed by atoms with Gasteiger partial charge in [0.05, 0.1) is 13.2 Å². The number of likely N-dealkylation sites (tertiary alicyclic amines) is 1. The number of nitrogens with one attached hydrogen (secondary N) is 1. The Hall–Kier alpha value is -1.02. The number of guanidine groups is 1. The molecule has 0 amide bonds. The first-order chi connectivity index (χ1) is 12.1. The Bertz CT molecular complexity index is 616. The van der Waals surface area contributed by atoms with Crippen LogP contribution in [-0.4, -0.2) is 63.6 Å².